The molecule has 0 aliphatic heterocycles. The largest absolute Gasteiger partial charge is 0.106 e. The minimum atomic E-state index is 0.653. The van der Waals surface area contributed by atoms with Gasteiger partial charge >= 0.3 is 0 Å². The summed E-state index contributed by atoms with van der Waals surface area (Å²) in [6.07, 6.45) is 1.25. The van der Waals surface area contributed by atoms with Gasteiger partial charge in [-0.15, -0.1) is 13.2 Å². The van der Waals surface area contributed by atoms with Crippen LogP contribution in [0, 0.1) is 6.92 Å². The van der Waals surface area contributed by atoms with Crippen molar-refractivity contribution in [1.82, 2.24) is 0 Å². The van der Waals surface area contributed by atoms with E-state index in [0.717, 1.165) is 0 Å². The minimum Gasteiger partial charge on any atom is -0.106 e. The lowest BCUT2D eigenvalue weighted by atomic mass is 10.0. The zero-order valence-corrected chi connectivity index (χ0v) is 13.0. The molecule has 1 aromatic carbocycles. The summed E-state index contributed by atoms with van der Waals surface area (Å²) in [7, 11) is 0. The smallest absolute Gasteiger partial charge is 0.0219 e. The highest BCUT2D eigenvalue weighted by molar-refractivity contribution is 5.24. The molecule has 0 spiro atoms. The summed E-state index contributed by atoms with van der Waals surface area (Å²) in [6.45, 7) is 20.8. The van der Waals surface area contributed by atoms with Crippen LogP contribution in [0.15, 0.2) is 37.4 Å². The van der Waals surface area contributed by atoms with Crippen LogP contribution in [0.2, 0.25) is 0 Å². The molecule has 1 aromatic rings. The Morgan fingerprint density at radius 1 is 1.06 bits per heavy atom. The summed E-state index contributed by atoms with van der Waals surface area (Å²) < 4.78 is 0. The minimum absolute atomic E-state index is 0.653. The number of rotatable bonds is 1. The predicted molar refractivity (Wildman–Crippen MR) is 83.8 cm³/mol. The number of hydrogen-bond acceptors (Lipinski definition) is 0. The molecule has 0 saturated heterocycles. The van der Waals surface area contributed by atoms with E-state index < -0.39 is 0 Å². The first-order valence-electron chi connectivity index (χ1n) is 6.68. The molecule has 0 saturated carbocycles. The van der Waals surface area contributed by atoms with Crippen LogP contribution < -0.4 is 0 Å². The molecule has 0 heteroatoms. The fourth-order valence-corrected chi connectivity index (χ4v) is 1.03. The zero-order valence-electron chi connectivity index (χ0n) is 13.0. The van der Waals surface area contributed by atoms with E-state index in [9.17, 15) is 0 Å². The summed E-state index contributed by atoms with van der Waals surface area (Å²) in [5.41, 5.74) is 2.78. The second-order valence-electron chi connectivity index (χ2n) is 3.78. The highest BCUT2D eigenvalue weighted by Crippen LogP contribution is 2.14. The molecule has 0 bridgehead atoms. The summed E-state index contributed by atoms with van der Waals surface area (Å²) in [5, 5.41) is 0. The molecule has 0 nitrogen and oxygen atoms in total. The molecular formula is C17H32. The maximum Gasteiger partial charge on any atom is -0.0219 e. The average Bonchev–Trinajstić information content (AvgIpc) is 2.35. The van der Waals surface area contributed by atoms with Crippen LogP contribution in [-0.4, -0.2) is 0 Å². The first-order chi connectivity index (χ1) is 8.11. The van der Waals surface area contributed by atoms with Crippen LogP contribution in [0.4, 0.5) is 0 Å². The van der Waals surface area contributed by atoms with E-state index in [2.05, 4.69) is 72.0 Å². The van der Waals surface area contributed by atoms with Crippen molar-refractivity contribution in [1.29, 1.82) is 0 Å². The highest BCUT2D eigenvalue weighted by Gasteiger charge is 1.96. The van der Waals surface area contributed by atoms with Gasteiger partial charge in [-0.25, -0.2) is 0 Å². The van der Waals surface area contributed by atoms with E-state index in [4.69, 9.17) is 0 Å². The lowest BCUT2D eigenvalue weighted by Gasteiger charge is -2.04. The Kier molecular flexibility index (Phi) is 21.7. The Labute approximate surface area is 110 Å². The third kappa shape index (κ3) is 15.0. The number of benzene rings is 1. The van der Waals surface area contributed by atoms with E-state index in [1.54, 1.807) is 0 Å². The fraction of sp³-hybridized carbons (Fsp3) is 0.529. The molecule has 0 aromatic heterocycles. The SMILES string of the molecule is C=C.CC.CCC.Cc1cccc(C(C)C)c1. The van der Waals surface area contributed by atoms with Gasteiger partial charge in [-0.3, -0.25) is 0 Å². The molecule has 17 heavy (non-hydrogen) atoms. The Bertz CT molecular complexity index is 236. The van der Waals surface area contributed by atoms with Crippen LogP contribution in [-0.2, 0) is 0 Å². The summed E-state index contributed by atoms with van der Waals surface area (Å²) in [4.78, 5) is 0. The van der Waals surface area contributed by atoms with Gasteiger partial charge < -0.3 is 0 Å². The summed E-state index contributed by atoms with van der Waals surface area (Å²) in [5.74, 6) is 0.653. The molecule has 100 valence electrons. The quantitative estimate of drug-likeness (QED) is 0.497. The van der Waals surface area contributed by atoms with Gasteiger partial charge in [0.25, 0.3) is 0 Å². The molecule has 0 heterocycles. The molecule has 0 radical (unpaired) electrons. The van der Waals surface area contributed by atoms with Crippen LogP contribution in [0.25, 0.3) is 0 Å². The maximum atomic E-state index is 3.00. The topological polar surface area (TPSA) is 0 Å². The van der Waals surface area contributed by atoms with Crippen molar-refractivity contribution in [2.45, 2.75) is 60.8 Å². The first-order valence-corrected chi connectivity index (χ1v) is 6.68. The van der Waals surface area contributed by atoms with Crippen LogP contribution in [0.5, 0.6) is 0 Å². The molecule has 0 aliphatic rings. The van der Waals surface area contributed by atoms with Crippen LogP contribution >= 0.6 is 0 Å². The number of hydrogen-bond donors (Lipinski definition) is 0. The van der Waals surface area contributed by atoms with Crippen molar-refractivity contribution in [2.75, 3.05) is 0 Å². The zero-order chi connectivity index (χ0) is 14.3. The summed E-state index contributed by atoms with van der Waals surface area (Å²) >= 11 is 0. The van der Waals surface area contributed by atoms with Crippen LogP contribution in [0.1, 0.15) is 65.0 Å². The van der Waals surface area contributed by atoms with Crippen molar-refractivity contribution >= 4 is 0 Å². The molecule has 0 unspecified atom stereocenters. The lowest BCUT2D eigenvalue weighted by molar-refractivity contribution is 0.865. The van der Waals surface area contributed by atoms with Crippen molar-refractivity contribution in [3.63, 3.8) is 0 Å². The van der Waals surface area contributed by atoms with Gasteiger partial charge in [0.2, 0.25) is 0 Å². The standard InChI is InChI=1S/C10H14.C3H8.C2H6.C2H4/c1-8(2)10-6-4-5-9(3)7-10;1-3-2;2*1-2/h4-8H,1-3H3;3H2,1-2H3;1-2H3;1-2H2. The Morgan fingerprint density at radius 2 is 1.47 bits per heavy atom. The van der Waals surface area contributed by atoms with Crippen molar-refractivity contribution in [2.24, 2.45) is 0 Å². The van der Waals surface area contributed by atoms with Gasteiger partial charge in [0.15, 0.2) is 0 Å². The van der Waals surface area contributed by atoms with Gasteiger partial charge in [-0.05, 0) is 18.4 Å². The molecule has 0 N–H and O–H groups in total. The highest BCUT2D eigenvalue weighted by atomic mass is 14.0. The normalized spacial score (nSPS) is 7.76. The van der Waals surface area contributed by atoms with Gasteiger partial charge in [-0.1, -0.05) is 77.8 Å². The molecule has 0 fully saturated rings. The third-order valence-corrected chi connectivity index (χ3v) is 1.71. The van der Waals surface area contributed by atoms with E-state index in [1.165, 1.54) is 17.5 Å². The second-order valence-corrected chi connectivity index (χ2v) is 3.78. The lowest BCUT2D eigenvalue weighted by Crippen LogP contribution is -1.86. The first kappa shape index (κ1) is 21.3. The Hall–Kier alpha value is -1.04. The third-order valence-electron chi connectivity index (χ3n) is 1.71. The van der Waals surface area contributed by atoms with E-state index in [0.29, 0.717) is 5.92 Å². The molecule has 0 aliphatic carbocycles. The second kappa shape index (κ2) is 17.4. The van der Waals surface area contributed by atoms with Gasteiger partial charge in [0.05, 0.1) is 0 Å². The molecule has 0 atom stereocenters. The molecule has 1 rings (SSSR count). The van der Waals surface area contributed by atoms with E-state index >= 15 is 0 Å². The van der Waals surface area contributed by atoms with E-state index in [-0.39, 0.29) is 0 Å². The van der Waals surface area contributed by atoms with Gasteiger partial charge in [0.1, 0.15) is 0 Å². The Balaban J connectivity index is -0.000000239. The summed E-state index contributed by atoms with van der Waals surface area (Å²) in [6, 6.07) is 8.67. The van der Waals surface area contributed by atoms with Crippen molar-refractivity contribution in [3.8, 4) is 0 Å². The number of aryl methyl sites for hydroxylation is 1. The van der Waals surface area contributed by atoms with Crippen LogP contribution in [0.3, 0.4) is 0 Å². The van der Waals surface area contributed by atoms with Gasteiger partial charge in [0, 0.05) is 0 Å². The maximum absolute atomic E-state index is 3.00. The van der Waals surface area contributed by atoms with Crippen molar-refractivity contribution in [3.05, 3.63) is 48.6 Å². The monoisotopic (exact) mass is 236 g/mol. The van der Waals surface area contributed by atoms with Crippen molar-refractivity contribution < 1.29 is 0 Å². The average molecular weight is 236 g/mol. The van der Waals surface area contributed by atoms with Gasteiger partial charge in [-0.2, -0.15) is 0 Å². The molecular weight excluding hydrogens is 204 g/mol. The molecule has 0 amide bonds. The Morgan fingerprint density at radius 3 is 1.71 bits per heavy atom. The fourth-order valence-electron chi connectivity index (χ4n) is 1.03. The predicted octanol–water partition coefficient (Wildman–Crippen LogP) is 6.36. The van der Waals surface area contributed by atoms with E-state index in [1.807, 2.05) is 13.8 Å².